The van der Waals surface area contributed by atoms with Gasteiger partial charge in [0.1, 0.15) is 0 Å². The molecular formula is C13H18N2S. The number of hydrogen-bond acceptors (Lipinski definition) is 3. The molecule has 2 aliphatic carbocycles. The van der Waals surface area contributed by atoms with Gasteiger partial charge < -0.3 is 0 Å². The van der Waals surface area contributed by atoms with Gasteiger partial charge in [0.25, 0.3) is 0 Å². The molecule has 1 heterocycles. The van der Waals surface area contributed by atoms with Gasteiger partial charge in [-0.3, -0.25) is 0 Å². The lowest BCUT2D eigenvalue weighted by molar-refractivity contribution is 0.662. The van der Waals surface area contributed by atoms with Crippen LogP contribution >= 0.6 is 11.8 Å². The first-order chi connectivity index (χ1) is 7.83. The molecule has 2 unspecified atom stereocenters. The van der Waals surface area contributed by atoms with Crippen LogP contribution in [0, 0.1) is 0 Å². The van der Waals surface area contributed by atoms with Crippen molar-refractivity contribution in [2.75, 3.05) is 5.75 Å². The number of fused-ring (bicyclic) bond motifs is 5. The Morgan fingerprint density at radius 3 is 2.75 bits per heavy atom. The van der Waals surface area contributed by atoms with Crippen LogP contribution in [0.4, 0.5) is 0 Å². The first-order valence-electron chi connectivity index (χ1n) is 6.37. The van der Waals surface area contributed by atoms with E-state index in [1.807, 2.05) is 0 Å². The summed E-state index contributed by atoms with van der Waals surface area (Å²) in [6, 6.07) is 0. The third-order valence-corrected chi connectivity index (χ3v) is 4.60. The molecule has 0 N–H and O–H groups in total. The van der Waals surface area contributed by atoms with E-state index in [4.69, 9.17) is 9.97 Å². The molecule has 1 fully saturated rings. The van der Waals surface area contributed by atoms with Gasteiger partial charge in [-0.25, -0.2) is 9.97 Å². The second-order valence-electron chi connectivity index (χ2n) is 4.75. The van der Waals surface area contributed by atoms with E-state index < -0.39 is 0 Å². The highest BCUT2D eigenvalue weighted by Gasteiger charge is 2.40. The fourth-order valence-electron chi connectivity index (χ4n) is 3.22. The SMILES string of the molecule is CCSc1nc(CC)c2c(n1)C1CCC2C1. The molecule has 1 aromatic rings. The molecule has 0 radical (unpaired) electrons. The second kappa shape index (κ2) is 4.02. The van der Waals surface area contributed by atoms with Gasteiger partial charge >= 0.3 is 0 Å². The first kappa shape index (κ1) is 10.6. The molecule has 2 nitrogen and oxygen atoms in total. The number of nitrogens with zero attached hydrogens (tertiary/aromatic N) is 2. The lowest BCUT2D eigenvalue weighted by atomic mass is 9.94. The maximum atomic E-state index is 4.79. The molecule has 3 heteroatoms. The van der Waals surface area contributed by atoms with E-state index in [-0.39, 0.29) is 0 Å². The fraction of sp³-hybridized carbons (Fsp3) is 0.692. The van der Waals surface area contributed by atoms with E-state index in [0.717, 1.165) is 29.2 Å². The second-order valence-corrected chi connectivity index (χ2v) is 5.98. The highest BCUT2D eigenvalue weighted by atomic mass is 32.2. The Bertz CT molecular complexity index is 417. The van der Waals surface area contributed by atoms with Crippen molar-refractivity contribution in [3.63, 3.8) is 0 Å². The summed E-state index contributed by atoms with van der Waals surface area (Å²) in [6.07, 6.45) is 5.13. The maximum absolute atomic E-state index is 4.79. The number of aromatic nitrogens is 2. The van der Waals surface area contributed by atoms with Crippen LogP contribution in [0.25, 0.3) is 0 Å². The zero-order valence-electron chi connectivity index (χ0n) is 9.99. The standard InChI is InChI=1S/C13H18N2S/c1-3-10-11-8-5-6-9(7-8)12(11)15-13(14-10)16-4-2/h8-9H,3-7H2,1-2H3. The van der Waals surface area contributed by atoms with Gasteiger partial charge in [-0.05, 0) is 42.9 Å². The summed E-state index contributed by atoms with van der Waals surface area (Å²) in [7, 11) is 0. The van der Waals surface area contributed by atoms with Crippen molar-refractivity contribution in [3.8, 4) is 0 Å². The third-order valence-electron chi connectivity index (χ3n) is 3.87. The Labute approximate surface area is 101 Å². The molecule has 2 atom stereocenters. The Morgan fingerprint density at radius 2 is 2.00 bits per heavy atom. The minimum absolute atomic E-state index is 0.754. The largest absolute Gasteiger partial charge is 0.227 e. The van der Waals surface area contributed by atoms with Crippen molar-refractivity contribution in [1.29, 1.82) is 0 Å². The molecule has 0 aromatic carbocycles. The van der Waals surface area contributed by atoms with Crippen LogP contribution in [0.5, 0.6) is 0 Å². The molecule has 86 valence electrons. The Balaban J connectivity index is 2.08. The fourth-order valence-corrected chi connectivity index (χ4v) is 3.82. The number of rotatable bonds is 3. The van der Waals surface area contributed by atoms with Gasteiger partial charge in [0.05, 0.1) is 5.69 Å². The number of hydrogen-bond donors (Lipinski definition) is 0. The molecule has 0 aliphatic heterocycles. The van der Waals surface area contributed by atoms with Gasteiger partial charge in [-0.2, -0.15) is 0 Å². The van der Waals surface area contributed by atoms with Crippen molar-refractivity contribution >= 4 is 11.8 Å². The van der Waals surface area contributed by atoms with E-state index >= 15 is 0 Å². The molecule has 0 amide bonds. The lowest BCUT2D eigenvalue weighted by Crippen LogP contribution is -2.08. The molecule has 16 heavy (non-hydrogen) atoms. The van der Waals surface area contributed by atoms with Gasteiger partial charge in [0, 0.05) is 11.6 Å². The molecule has 1 aromatic heterocycles. The van der Waals surface area contributed by atoms with Crippen molar-refractivity contribution in [2.45, 2.75) is 56.5 Å². The monoisotopic (exact) mass is 234 g/mol. The number of aryl methyl sites for hydroxylation is 1. The smallest absolute Gasteiger partial charge is 0.188 e. The van der Waals surface area contributed by atoms with Crippen molar-refractivity contribution < 1.29 is 0 Å². The minimum Gasteiger partial charge on any atom is -0.227 e. The molecule has 1 saturated carbocycles. The van der Waals surface area contributed by atoms with Crippen molar-refractivity contribution in [3.05, 3.63) is 17.0 Å². The minimum atomic E-state index is 0.754. The molecule has 0 saturated heterocycles. The van der Waals surface area contributed by atoms with E-state index in [2.05, 4.69) is 13.8 Å². The van der Waals surface area contributed by atoms with E-state index in [0.29, 0.717) is 0 Å². The van der Waals surface area contributed by atoms with Crippen LogP contribution < -0.4 is 0 Å². The Hall–Kier alpha value is -0.570. The summed E-state index contributed by atoms with van der Waals surface area (Å²) in [5.74, 6) is 2.61. The molecular weight excluding hydrogens is 216 g/mol. The summed E-state index contributed by atoms with van der Waals surface area (Å²) in [6.45, 7) is 4.38. The van der Waals surface area contributed by atoms with Gasteiger partial charge in [-0.15, -0.1) is 0 Å². The van der Waals surface area contributed by atoms with Crippen molar-refractivity contribution in [2.24, 2.45) is 0 Å². The topological polar surface area (TPSA) is 25.8 Å². The van der Waals surface area contributed by atoms with Gasteiger partial charge in [-0.1, -0.05) is 25.6 Å². The van der Waals surface area contributed by atoms with E-state index in [9.17, 15) is 0 Å². The summed E-state index contributed by atoms with van der Waals surface area (Å²) in [5, 5.41) is 1.01. The van der Waals surface area contributed by atoms with Crippen LogP contribution in [0.3, 0.4) is 0 Å². The third kappa shape index (κ3) is 1.48. The first-order valence-corrected chi connectivity index (χ1v) is 7.35. The average molecular weight is 234 g/mol. The quantitative estimate of drug-likeness (QED) is 0.591. The summed E-state index contributed by atoms with van der Waals surface area (Å²) >= 11 is 1.78. The summed E-state index contributed by atoms with van der Waals surface area (Å²) in [4.78, 5) is 9.51. The normalized spacial score (nSPS) is 26.1. The van der Waals surface area contributed by atoms with Crippen LogP contribution in [0.1, 0.15) is 61.9 Å². The average Bonchev–Trinajstić information content (AvgIpc) is 2.89. The predicted octanol–water partition coefficient (Wildman–Crippen LogP) is 3.52. The highest BCUT2D eigenvalue weighted by molar-refractivity contribution is 7.99. The zero-order valence-corrected chi connectivity index (χ0v) is 10.8. The van der Waals surface area contributed by atoms with Crippen LogP contribution in [-0.4, -0.2) is 15.7 Å². The Kier molecular flexibility index (Phi) is 2.66. The van der Waals surface area contributed by atoms with Crippen molar-refractivity contribution in [1.82, 2.24) is 9.97 Å². The van der Waals surface area contributed by atoms with Gasteiger partial charge in [0.15, 0.2) is 5.16 Å². The molecule has 2 aliphatic rings. The van der Waals surface area contributed by atoms with Crippen LogP contribution in [0.2, 0.25) is 0 Å². The van der Waals surface area contributed by atoms with Gasteiger partial charge in [0.2, 0.25) is 0 Å². The van der Waals surface area contributed by atoms with Crippen LogP contribution in [-0.2, 0) is 6.42 Å². The maximum Gasteiger partial charge on any atom is 0.188 e. The Morgan fingerprint density at radius 1 is 1.19 bits per heavy atom. The van der Waals surface area contributed by atoms with E-state index in [1.54, 1.807) is 11.8 Å². The summed E-state index contributed by atoms with van der Waals surface area (Å²) < 4.78 is 0. The molecule has 2 bridgehead atoms. The van der Waals surface area contributed by atoms with E-state index in [1.165, 1.54) is 36.2 Å². The van der Waals surface area contributed by atoms with Crippen LogP contribution in [0.15, 0.2) is 5.16 Å². The summed E-state index contributed by atoms with van der Waals surface area (Å²) in [5.41, 5.74) is 4.26. The zero-order chi connectivity index (χ0) is 11.1. The number of thioether (sulfide) groups is 1. The molecule has 0 spiro atoms. The molecule has 3 rings (SSSR count). The highest BCUT2D eigenvalue weighted by Crippen LogP contribution is 2.53. The lowest BCUT2D eigenvalue weighted by Gasteiger charge is -2.17. The predicted molar refractivity (Wildman–Crippen MR) is 67.1 cm³/mol.